The molecule has 5 heteroatoms. The van der Waals surface area contributed by atoms with E-state index in [0.29, 0.717) is 29.0 Å². The number of hydrogen-bond acceptors (Lipinski definition) is 4. The number of aromatic nitrogens is 1. The molecule has 0 saturated heterocycles. The number of ether oxygens (including phenoxy) is 2. The van der Waals surface area contributed by atoms with E-state index in [1.165, 1.54) is 6.07 Å². The molecule has 124 valence electrons. The van der Waals surface area contributed by atoms with Gasteiger partial charge in [-0.25, -0.2) is 9.18 Å². The topological polar surface area (TPSA) is 48.4 Å². The molecule has 0 N–H and O–H groups in total. The molecule has 1 aromatic carbocycles. The van der Waals surface area contributed by atoms with Crippen molar-refractivity contribution < 1.29 is 18.7 Å². The largest absolute Gasteiger partial charge is 0.459 e. The van der Waals surface area contributed by atoms with E-state index in [1.54, 1.807) is 31.3 Å². The van der Waals surface area contributed by atoms with Crippen LogP contribution in [-0.2, 0) is 20.9 Å². The van der Waals surface area contributed by atoms with E-state index in [2.05, 4.69) is 18.8 Å². The number of nitrogens with zero attached hydrogens (tertiary/aromatic N) is 1. The van der Waals surface area contributed by atoms with Crippen LogP contribution in [0.1, 0.15) is 32.8 Å². The van der Waals surface area contributed by atoms with Crippen LogP contribution >= 0.6 is 0 Å². The van der Waals surface area contributed by atoms with Gasteiger partial charge in [0.2, 0.25) is 0 Å². The van der Waals surface area contributed by atoms with Gasteiger partial charge in [0.15, 0.2) is 6.10 Å². The number of hydrogen-bond donors (Lipinski definition) is 0. The summed E-state index contributed by atoms with van der Waals surface area (Å²) in [5, 5.41) is 0.419. The molecule has 0 fully saturated rings. The molecule has 1 aromatic heterocycles. The average molecular weight is 319 g/mol. The third kappa shape index (κ3) is 4.73. The number of pyridine rings is 1. The highest BCUT2D eigenvalue weighted by molar-refractivity contribution is 5.82. The monoisotopic (exact) mass is 319 g/mol. The van der Waals surface area contributed by atoms with Crippen LogP contribution in [0.2, 0.25) is 0 Å². The number of carbonyl (C=O) groups is 1. The first-order valence-electron chi connectivity index (χ1n) is 7.79. The van der Waals surface area contributed by atoms with Crippen LogP contribution in [0.15, 0.2) is 30.5 Å². The van der Waals surface area contributed by atoms with Gasteiger partial charge in [-0.05, 0) is 37.5 Å². The Morgan fingerprint density at radius 2 is 2.04 bits per heavy atom. The molecule has 4 nitrogen and oxygen atoms in total. The summed E-state index contributed by atoms with van der Waals surface area (Å²) >= 11 is 0. The van der Waals surface area contributed by atoms with Crippen LogP contribution in [0.25, 0.3) is 10.9 Å². The Labute approximate surface area is 135 Å². The SMILES string of the molecule is CC(C)CCOC(C)C(=O)OCc1ccc(F)c2cccnc12. The molecule has 0 aliphatic rings. The van der Waals surface area contributed by atoms with E-state index in [4.69, 9.17) is 9.47 Å². The van der Waals surface area contributed by atoms with Gasteiger partial charge in [0, 0.05) is 23.8 Å². The Morgan fingerprint density at radius 3 is 2.78 bits per heavy atom. The molecule has 0 spiro atoms. The Hall–Kier alpha value is -2.01. The van der Waals surface area contributed by atoms with Gasteiger partial charge in [0.25, 0.3) is 0 Å². The first-order valence-corrected chi connectivity index (χ1v) is 7.79. The van der Waals surface area contributed by atoms with Crippen molar-refractivity contribution >= 4 is 16.9 Å². The molecular formula is C18H22FNO3. The van der Waals surface area contributed by atoms with Gasteiger partial charge >= 0.3 is 5.97 Å². The van der Waals surface area contributed by atoms with Crippen molar-refractivity contribution in [2.45, 2.75) is 39.9 Å². The lowest BCUT2D eigenvalue weighted by Gasteiger charge is -2.14. The maximum absolute atomic E-state index is 13.7. The molecule has 0 saturated carbocycles. The average Bonchev–Trinajstić information content (AvgIpc) is 2.53. The molecule has 1 atom stereocenters. The van der Waals surface area contributed by atoms with Crippen LogP contribution < -0.4 is 0 Å². The van der Waals surface area contributed by atoms with Crippen molar-refractivity contribution in [1.82, 2.24) is 4.98 Å². The van der Waals surface area contributed by atoms with E-state index in [0.717, 1.165) is 6.42 Å². The number of fused-ring (bicyclic) bond motifs is 1. The normalized spacial score (nSPS) is 12.6. The first-order chi connectivity index (χ1) is 11.0. The third-order valence-corrected chi connectivity index (χ3v) is 3.56. The summed E-state index contributed by atoms with van der Waals surface area (Å²) in [5.41, 5.74) is 1.18. The highest BCUT2D eigenvalue weighted by atomic mass is 19.1. The molecular weight excluding hydrogens is 297 g/mol. The lowest BCUT2D eigenvalue weighted by atomic mass is 10.1. The molecule has 2 aromatic rings. The second kappa shape index (κ2) is 8.02. The van der Waals surface area contributed by atoms with Crippen LogP contribution in [0.4, 0.5) is 4.39 Å². The summed E-state index contributed by atoms with van der Waals surface area (Å²) in [6.07, 6.45) is 1.86. The number of rotatable bonds is 7. The molecule has 0 bridgehead atoms. The second-order valence-electron chi connectivity index (χ2n) is 5.91. The van der Waals surface area contributed by atoms with Crippen molar-refractivity contribution in [3.8, 4) is 0 Å². The minimum absolute atomic E-state index is 0.0461. The standard InChI is InChI=1S/C18H22FNO3/c1-12(2)8-10-22-13(3)18(21)23-11-14-6-7-16(19)15-5-4-9-20-17(14)15/h4-7,9,12-13H,8,10-11H2,1-3H3. The number of esters is 1. The van der Waals surface area contributed by atoms with Gasteiger partial charge in [-0.15, -0.1) is 0 Å². The van der Waals surface area contributed by atoms with Crippen LogP contribution in [-0.4, -0.2) is 23.7 Å². The fraction of sp³-hybridized carbons (Fsp3) is 0.444. The van der Waals surface area contributed by atoms with Crippen LogP contribution in [0.5, 0.6) is 0 Å². The van der Waals surface area contributed by atoms with Crippen molar-refractivity contribution in [3.63, 3.8) is 0 Å². The van der Waals surface area contributed by atoms with Gasteiger partial charge < -0.3 is 9.47 Å². The van der Waals surface area contributed by atoms with Gasteiger partial charge in [-0.1, -0.05) is 19.9 Å². The predicted molar refractivity (Wildman–Crippen MR) is 86.4 cm³/mol. The first kappa shape index (κ1) is 17.3. The Balaban J connectivity index is 1.96. The van der Waals surface area contributed by atoms with Gasteiger partial charge in [0.1, 0.15) is 12.4 Å². The molecule has 2 rings (SSSR count). The highest BCUT2D eigenvalue weighted by Crippen LogP contribution is 2.20. The number of carbonyl (C=O) groups excluding carboxylic acids is 1. The molecule has 0 amide bonds. The summed E-state index contributed by atoms with van der Waals surface area (Å²) in [5.74, 6) is -0.245. The molecule has 0 radical (unpaired) electrons. The lowest BCUT2D eigenvalue weighted by Crippen LogP contribution is -2.24. The second-order valence-corrected chi connectivity index (χ2v) is 5.91. The van der Waals surface area contributed by atoms with Crippen LogP contribution in [0, 0.1) is 11.7 Å². The molecule has 1 heterocycles. The quantitative estimate of drug-likeness (QED) is 0.727. The third-order valence-electron chi connectivity index (χ3n) is 3.56. The number of benzene rings is 1. The van der Waals surface area contributed by atoms with Gasteiger partial charge in [-0.2, -0.15) is 0 Å². The fourth-order valence-electron chi connectivity index (χ4n) is 2.13. The smallest absolute Gasteiger partial charge is 0.335 e. The molecule has 1 unspecified atom stereocenters. The van der Waals surface area contributed by atoms with Gasteiger partial charge in [-0.3, -0.25) is 4.98 Å². The predicted octanol–water partition coefficient (Wildman–Crippen LogP) is 3.87. The van der Waals surface area contributed by atoms with E-state index < -0.39 is 12.1 Å². The van der Waals surface area contributed by atoms with Crippen molar-refractivity contribution in [1.29, 1.82) is 0 Å². The van der Waals surface area contributed by atoms with Crippen molar-refractivity contribution in [2.75, 3.05) is 6.61 Å². The Morgan fingerprint density at radius 1 is 1.26 bits per heavy atom. The minimum Gasteiger partial charge on any atom is -0.459 e. The maximum Gasteiger partial charge on any atom is 0.335 e. The van der Waals surface area contributed by atoms with E-state index in [-0.39, 0.29) is 12.4 Å². The Kier molecular flexibility index (Phi) is 6.04. The molecule has 23 heavy (non-hydrogen) atoms. The summed E-state index contributed by atoms with van der Waals surface area (Å²) in [7, 11) is 0. The number of halogens is 1. The summed E-state index contributed by atoms with van der Waals surface area (Å²) in [6.45, 7) is 6.43. The van der Waals surface area contributed by atoms with E-state index >= 15 is 0 Å². The maximum atomic E-state index is 13.7. The van der Waals surface area contributed by atoms with E-state index in [9.17, 15) is 9.18 Å². The highest BCUT2D eigenvalue weighted by Gasteiger charge is 2.16. The fourth-order valence-corrected chi connectivity index (χ4v) is 2.13. The zero-order valence-corrected chi connectivity index (χ0v) is 13.7. The lowest BCUT2D eigenvalue weighted by molar-refractivity contribution is -0.157. The molecule has 0 aliphatic carbocycles. The van der Waals surface area contributed by atoms with Gasteiger partial charge in [0.05, 0.1) is 5.52 Å². The van der Waals surface area contributed by atoms with Crippen LogP contribution in [0.3, 0.4) is 0 Å². The zero-order chi connectivity index (χ0) is 16.8. The molecule has 0 aliphatic heterocycles. The summed E-state index contributed by atoms with van der Waals surface area (Å²) < 4.78 is 24.5. The minimum atomic E-state index is -0.617. The summed E-state index contributed by atoms with van der Waals surface area (Å²) in [6, 6.07) is 6.27. The Bertz CT molecular complexity index is 672. The zero-order valence-electron chi connectivity index (χ0n) is 13.7. The summed E-state index contributed by atoms with van der Waals surface area (Å²) in [4.78, 5) is 16.1. The van der Waals surface area contributed by atoms with Crippen molar-refractivity contribution in [3.05, 3.63) is 41.8 Å². The van der Waals surface area contributed by atoms with Crippen molar-refractivity contribution in [2.24, 2.45) is 5.92 Å². The van der Waals surface area contributed by atoms with E-state index in [1.807, 2.05) is 0 Å².